The molecule has 0 aliphatic carbocycles. The Morgan fingerprint density at radius 2 is 1.28 bits per heavy atom. The van der Waals surface area contributed by atoms with E-state index in [1.165, 1.54) is 38.6 Å². The van der Waals surface area contributed by atoms with Gasteiger partial charge in [0, 0.05) is 10.8 Å². The standard InChI is InChI=1S/C28H24O/c1-28(2,3)22-16-17-25-24(18-22)27-23(10-7-11-26(27)29-25)21-14-12-20(13-15-21)19-8-5-4-6-9-19/h4-18H,1-3H3. The summed E-state index contributed by atoms with van der Waals surface area (Å²) in [7, 11) is 0. The highest BCUT2D eigenvalue weighted by atomic mass is 16.3. The van der Waals surface area contributed by atoms with Gasteiger partial charge in [-0.15, -0.1) is 0 Å². The van der Waals surface area contributed by atoms with Gasteiger partial charge in [-0.3, -0.25) is 0 Å². The van der Waals surface area contributed by atoms with E-state index in [1.807, 2.05) is 0 Å². The van der Waals surface area contributed by atoms with Crippen LogP contribution in [0.15, 0.2) is 95.4 Å². The zero-order chi connectivity index (χ0) is 20.0. The Kier molecular flexibility index (Phi) is 4.06. The van der Waals surface area contributed by atoms with Gasteiger partial charge in [-0.25, -0.2) is 0 Å². The van der Waals surface area contributed by atoms with Crippen LogP contribution in [-0.2, 0) is 5.41 Å². The van der Waals surface area contributed by atoms with Gasteiger partial charge in [0.2, 0.25) is 0 Å². The second-order valence-corrected chi connectivity index (χ2v) is 8.69. The topological polar surface area (TPSA) is 13.1 Å². The minimum absolute atomic E-state index is 0.101. The van der Waals surface area contributed by atoms with Crippen molar-refractivity contribution in [2.24, 2.45) is 0 Å². The lowest BCUT2D eigenvalue weighted by Crippen LogP contribution is -2.10. The molecule has 4 aromatic carbocycles. The van der Waals surface area contributed by atoms with Crippen LogP contribution in [0.25, 0.3) is 44.2 Å². The highest BCUT2D eigenvalue weighted by molar-refractivity contribution is 6.12. The summed E-state index contributed by atoms with van der Waals surface area (Å²) in [5.74, 6) is 0. The quantitative estimate of drug-likeness (QED) is 0.302. The van der Waals surface area contributed by atoms with E-state index in [9.17, 15) is 0 Å². The lowest BCUT2D eigenvalue weighted by molar-refractivity contribution is 0.590. The fraction of sp³-hybridized carbons (Fsp3) is 0.143. The van der Waals surface area contributed by atoms with Crippen molar-refractivity contribution < 1.29 is 4.42 Å². The zero-order valence-electron chi connectivity index (χ0n) is 17.1. The van der Waals surface area contributed by atoms with E-state index in [4.69, 9.17) is 4.42 Å². The van der Waals surface area contributed by atoms with Crippen LogP contribution in [0, 0.1) is 0 Å². The average Bonchev–Trinajstić information content (AvgIpc) is 3.12. The molecule has 0 N–H and O–H groups in total. The Labute approximate surface area is 171 Å². The number of fused-ring (bicyclic) bond motifs is 3. The van der Waals surface area contributed by atoms with Gasteiger partial charge in [0.05, 0.1) is 0 Å². The van der Waals surface area contributed by atoms with Crippen molar-refractivity contribution in [2.75, 3.05) is 0 Å². The fourth-order valence-corrected chi connectivity index (χ4v) is 4.01. The summed E-state index contributed by atoms with van der Waals surface area (Å²) in [6.45, 7) is 6.75. The van der Waals surface area contributed by atoms with Crippen LogP contribution in [0.1, 0.15) is 26.3 Å². The fourth-order valence-electron chi connectivity index (χ4n) is 4.01. The van der Waals surface area contributed by atoms with Crippen LogP contribution in [0.4, 0.5) is 0 Å². The molecule has 0 unspecified atom stereocenters. The third-order valence-corrected chi connectivity index (χ3v) is 5.66. The van der Waals surface area contributed by atoms with E-state index >= 15 is 0 Å². The molecular weight excluding hydrogens is 352 g/mol. The molecule has 0 fully saturated rings. The van der Waals surface area contributed by atoms with E-state index in [1.54, 1.807) is 0 Å². The van der Waals surface area contributed by atoms with Crippen molar-refractivity contribution in [3.63, 3.8) is 0 Å². The molecule has 0 aliphatic heterocycles. The predicted molar refractivity (Wildman–Crippen MR) is 123 cm³/mol. The molecule has 1 heteroatoms. The van der Waals surface area contributed by atoms with Gasteiger partial charge in [-0.1, -0.05) is 93.6 Å². The summed E-state index contributed by atoms with van der Waals surface area (Å²) in [6, 6.07) is 32.2. The molecule has 0 atom stereocenters. The van der Waals surface area contributed by atoms with Crippen LogP contribution in [0.2, 0.25) is 0 Å². The smallest absolute Gasteiger partial charge is 0.136 e. The average molecular weight is 376 g/mol. The van der Waals surface area contributed by atoms with E-state index in [-0.39, 0.29) is 5.41 Å². The van der Waals surface area contributed by atoms with Gasteiger partial charge in [-0.2, -0.15) is 0 Å². The second kappa shape index (κ2) is 6.63. The minimum atomic E-state index is 0.101. The molecule has 5 aromatic rings. The molecular formula is C28H24O. The molecule has 0 saturated carbocycles. The first kappa shape index (κ1) is 17.8. The lowest BCUT2D eigenvalue weighted by Gasteiger charge is -2.18. The maximum Gasteiger partial charge on any atom is 0.136 e. The van der Waals surface area contributed by atoms with Gasteiger partial charge in [0.1, 0.15) is 11.2 Å². The molecule has 0 bridgehead atoms. The molecule has 5 rings (SSSR count). The largest absolute Gasteiger partial charge is 0.456 e. The normalized spacial score (nSPS) is 12.0. The monoisotopic (exact) mass is 376 g/mol. The van der Waals surface area contributed by atoms with Crippen LogP contribution in [0.3, 0.4) is 0 Å². The van der Waals surface area contributed by atoms with Crippen LogP contribution in [0.5, 0.6) is 0 Å². The van der Waals surface area contributed by atoms with Crippen LogP contribution >= 0.6 is 0 Å². The molecule has 0 aliphatic rings. The highest BCUT2D eigenvalue weighted by Gasteiger charge is 2.18. The molecule has 142 valence electrons. The third kappa shape index (κ3) is 3.13. The summed E-state index contributed by atoms with van der Waals surface area (Å²) >= 11 is 0. The summed E-state index contributed by atoms with van der Waals surface area (Å²) < 4.78 is 6.18. The summed E-state index contributed by atoms with van der Waals surface area (Å²) in [5.41, 5.74) is 8.20. The number of rotatable bonds is 2. The third-order valence-electron chi connectivity index (χ3n) is 5.66. The zero-order valence-corrected chi connectivity index (χ0v) is 17.1. The molecule has 0 saturated heterocycles. The van der Waals surface area contributed by atoms with Crippen molar-refractivity contribution in [1.82, 2.24) is 0 Å². The predicted octanol–water partition coefficient (Wildman–Crippen LogP) is 8.22. The van der Waals surface area contributed by atoms with Crippen LogP contribution in [-0.4, -0.2) is 0 Å². The molecule has 1 nitrogen and oxygen atoms in total. The number of hydrogen-bond acceptors (Lipinski definition) is 1. The summed E-state index contributed by atoms with van der Waals surface area (Å²) in [5, 5.41) is 2.39. The van der Waals surface area contributed by atoms with Gasteiger partial charge >= 0.3 is 0 Å². The van der Waals surface area contributed by atoms with Gasteiger partial charge in [0.15, 0.2) is 0 Å². The maximum absolute atomic E-state index is 6.18. The van der Waals surface area contributed by atoms with E-state index in [0.29, 0.717) is 0 Å². The Morgan fingerprint density at radius 1 is 0.586 bits per heavy atom. The molecule has 0 amide bonds. The first-order chi connectivity index (χ1) is 14.0. The van der Waals surface area contributed by atoms with Gasteiger partial charge in [0.25, 0.3) is 0 Å². The maximum atomic E-state index is 6.18. The molecule has 0 spiro atoms. The van der Waals surface area contributed by atoms with Crippen molar-refractivity contribution in [3.8, 4) is 22.3 Å². The number of hydrogen-bond donors (Lipinski definition) is 0. The van der Waals surface area contributed by atoms with E-state index in [2.05, 4.69) is 112 Å². The van der Waals surface area contributed by atoms with Crippen molar-refractivity contribution in [1.29, 1.82) is 0 Å². The summed E-state index contributed by atoms with van der Waals surface area (Å²) in [4.78, 5) is 0. The SMILES string of the molecule is CC(C)(C)c1ccc2oc3cccc(-c4ccc(-c5ccccc5)cc4)c3c2c1. The molecule has 29 heavy (non-hydrogen) atoms. The van der Waals surface area contributed by atoms with Crippen molar-refractivity contribution >= 4 is 21.9 Å². The Bertz CT molecular complexity index is 1300. The van der Waals surface area contributed by atoms with Crippen molar-refractivity contribution in [2.45, 2.75) is 26.2 Å². The van der Waals surface area contributed by atoms with Crippen molar-refractivity contribution in [3.05, 3.63) is 96.6 Å². The lowest BCUT2D eigenvalue weighted by atomic mass is 9.86. The molecule has 0 radical (unpaired) electrons. The highest BCUT2D eigenvalue weighted by Crippen LogP contribution is 2.38. The Balaban J connectivity index is 1.68. The first-order valence-electron chi connectivity index (χ1n) is 10.1. The Morgan fingerprint density at radius 3 is 2.00 bits per heavy atom. The van der Waals surface area contributed by atoms with Gasteiger partial charge in [-0.05, 0) is 51.4 Å². The van der Waals surface area contributed by atoms with E-state index in [0.717, 1.165) is 11.2 Å². The molecule has 1 heterocycles. The second-order valence-electron chi connectivity index (χ2n) is 8.69. The molecule has 1 aromatic heterocycles. The van der Waals surface area contributed by atoms with Gasteiger partial charge < -0.3 is 4.42 Å². The Hall–Kier alpha value is -3.32. The number of furan rings is 1. The summed E-state index contributed by atoms with van der Waals surface area (Å²) in [6.07, 6.45) is 0. The number of benzene rings is 4. The van der Waals surface area contributed by atoms with Crippen LogP contribution < -0.4 is 0 Å². The van der Waals surface area contributed by atoms with E-state index < -0.39 is 0 Å². The first-order valence-corrected chi connectivity index (χ1v) is 10.1. The minimum Gasteiger partial charge on any atom is -0.456 e.